The Labute approximate surface area is 189 Å². The minimum atomic E-state index is 0.0851. The molecule has 0 spiro atoms. The number of carbonyl (C=O) groups excluding carboxylic acids is 1. The van der Waals surface area contributed by atoms with Crippen molar-refractivity contribution in [3.8, 4) is 10.9 Å². The molecule has 2 aromatic rings. The molecule has 7 heteroatoms. The maximum atomic E-state index is 12.6. The second-order valence-corrected chi connectivity index (χ2v) is 9.63. The van der Waals surface area contributed by atoms with Gasteiger partial charge in [0.05, 0.1) is 0 Å². The molecule has 0 unspecified atom stereocenters. The molecular formula is C24H33N3O3S. The number of thiazole rings is 1. The Kier molecular flexibility index (Phi) is 7.45. The molecule has 168 valence electrons. The van der Waals surface area contributed by atoms with E-state index in [1.165, 1.54) is 5.56 Å². The van der Waals surface area contributed by atoms with Gasteiger partial charge in [-0.15, -0.1) is 0 Å². The van der Waals surface area contributed by atoms with Crippen molar-refractivity contribution in [1.82, 2.24) is 14.8 Å². The van der Waals surface area contributed by atoms with Crippen molar-refractivity contribution < 1.29 is 14.3 Å². The van der Waals surface area contributed by atoms with Crippen LogP contribution < -0.4 is 9.47 Å². The van der Waals surface area contributed by atoms with Gasteiger partial charge < -0.3 is 14.4 Å². The Bertz CT molecular complexity index is 809. The molecule has 0 saturated carbocycles. The molecule has 1 aromatic heterocycles. The second kappa shape index (κ2) is 10.5. The van der Waals surface area contributed by atoms with Gasteiger partial charge in [0.25, 0.3) is 11.1 Å². The first kappa shape index (κ1) is 22.1. The molecule has 0 radical (unpaired) electrons. The third kappa shape index (κ3) is 5.98. The highest BCUT2D eigenvalue weighted by molar-refractivity contribution is 7.11. The molecule has 6 nitrogen and oxygen atoms in total. The summed E-state index contributed by atoms with van der Waals surface area (Å²) in [5.41, 5.74) is 1.28. The lowest BCUT2D eigenvalue weighted by Gasteiger charge is -2.41. The minimum Gasteiger partial charge on any atom is -0.484 e. The van der Waals surface area contributed by atoms with Gasteiger partial charge in [-0.25, -0.2) is 4.98 Å². The van der Waals surface area contributed by atoms with Crippen LogP contribution in [0.1, 0.15) is 51.0 Å². The van der Waals surface area contributed by atoms with E-state index >= 15 is 0 Å². The maximum absolute atomic E-state index is 12.6. The quantitative estimate of drug-likeness (QED) is 0.643. The normalized spacial score (nSPS) is 19.0. The van der Waals surface area contributed by atoms with Crippen LogP contribution in [0.15, 0.2) is 35.8 Å². The summed E-state index contributed by atoms with van der Waals surface area (Å²) in [5.74, 6) is 1.34. The molecule has 31 heavy (non-hydrogen) atoms. The molecule has 2 saturated heterocycles. The SMILES string of the molecule is CC(C)c1ccc(OCC(=O)N2CCC(N3CCC(Oc4nccs4)CC3)CC2)cc1. The number of aromatic nitrogens is 1. The average molecular weight is 444 g/mol. The third-order valence-corrected chi connectivity index (χ3v) is 7.06. The summed E-state index contributed by atoms with van der Waals surface area (Å²) in [6, 6.07) is 8.62. The number of nitrogens with zero attached hydrogens (tertiary/aromatic N) is 3. The first-order valence-electron chi connectivity index (χ1n) is 11.4. The van der Waals surface area contributed by atoms with Crippen LogP contribution in [0.2, 0.25) is 0 Å². The Balaban J connectivity index is 1.16. The molecule has 2 aliphatic heterocycles. The first-order valence-corrected chi connectivity index (χ1v) is 12.3. The van der Waals surface area contributed by atoms with Crippen molar-refractivity contribution in [2.24, 2.45) is 0 Å². The molecule has 2 fully saturated rings. The lowest BCUT2D eigenvalue weighted by Crippen LogP contribution is -2.50. The van der Waals surface area contributed by atoms with Crippen molar-refractivity contribution in [2.75, 3.05) is 32.8 Å². The van der Waals surface area contributed by atoms with E-state index in [1.54, 1.807) is 17.5 Å². The van der Waals surface area contributed by atoms with Crippen LogP contribution in [-0.2, 0) is 4.79 Å². The van der Waals surface area contributed by atoms with Crippen LogP contribution >= 0.6 is 11.3 Å². The zero-order valence-electron chi connectivity index (χ0n) is 18.5. The molecule has 1 aromatic carbocycles. The van der Waals surface area contributed by atoms with Crippen molar-refractivity contribution in [3.63, 3.8) is 0 Å². The number of rotatable bonds is 7. The summed E-state index contributed by atoms with van der Waals surface area (Å²) in [5, 5.41) is 2.73. The van der Waals surface area contributed by atoms with Gasteiger partial charge in [0, 0.05) is 43.8 Å². The predicted molar refractivity (Wildman–Crippen MR) is 123 cm³/mol. The van der Waals surface area contributed by atoms with E-state index in [-0.39, 0.29) is 18.6 Å². The third-order valence-electron chi connectivity index (χ3n) is 6.40. The Hall–Kier alpha value is -2.12. The number of ether oxygens (including phenoxy) is 2. The standard InChI is InChI=1S/C24H33N3O3S/c1-18(2)19-3-5-21(6-4-19)29-17-23(28)27-12-7-20(8-13-27)26-14-9-22(10-15-26)30-24-25-11-16-31-24/h3-6,11,16,18,20,22H,7-10,12-15,17H2,1-2H3. The van der Waals surface area contributed by atoms with E-state index in [0.29, 0.717) is 12.0 Å². The monoisotopic (exact) mass is 443 g/mol. The van der Waals surface area contributed by atoms with E-state index in [0.717, 1.165) is 62.8 Å². The van der Waals surface area contributed by atoms with Gasteiger partial charge in [-0.3, -0.25) is 9.69 Å². The number of likely N-dealkylation sites (tertiary alicyclic amines) is 2. The number of piperidine rings is 2. The van der Waals surface area contributed by atoms with Crippen LogP contribution in [-0.4, -0.2) is 65.6 Å². The van der Waals surface area contributed by atoms with Crippen molar-refractivity contribution in [2.45, 2.75) is 57.6 Å². The number of amides is 1. The Morgan fingerprint density at radius 2 is 1.81 bits per heavy atom. The fraction of sp³-hybridized carbons (Fsp3) is 0.583. The number of benzene rings is 1. The van der Waals surface area contributed by atoms with Gasteiger partial charge in [-0.2, -0.15) is 0 Å². The van der Waals surface area contributed by atoms with E-state index in [4.69, 9.17) is 9.47 Å². The summed E-state index contributed by atoms with van der Waals surface area (Å²) in [6.45, 7) is 8.20. The largest absolute Gasteiger partial charge is 0.484 e. The predicted octanol–water partition coefficient (Wildman–Crippen LogP) is 4.18. The van der Waals surface area contributed by atoms with E-state index in [1.807, 2.05) is 22.4 Å². The molecule has 0 atom stereocenters. The molecule has 1 amide bonds. The lowest BCUT2D eigenvalue weighted by molar-refractivity contribution is -0.135. The summed E-state index contributed by atoms with van der Waals surface area (Å²) in [4.78, 5) is 21.3. The molecule has 2 aliphatic rings. The Morgan fingerprint density at radius 1 is 1.10 bits per heavy atom. The molecule has 4 rings (SSSR count). The number of carbonyl (C=O) groups is 1. The van der Waals surface area contributed by atoms with Crippen molar-refractivity contribution in [1.29, 1.82) is 0 Å². The smallest absolute Gasteiger partial charge is 0.273 e. The Morgan fingerprint density at radius 3 is 2.42 bits per heavy atom. The lowest BCUT2D eigenvalue weighted by atomic mass is 9.99. The van der Waals surface area contributed by atoms with Crippen molar-refractivity contribution in [3.05, 3.63) is 41.4 Å². The zero-order valence-corrected chi connectivity index (χ0v) is 19.4. The average Bonchev–Trinajstić information content (AvgIpc) is 3.31. The van der Waals surface area contributed by atoms with Gasteiger partial charge in [-0.1, -0.05) is 37.3 Å². The minimum absolute atomic E-state index is 0.0851. The molecule has 0 bridgehead atoms. The topological polar surface area (TPSA) is 54.9 Å². The number of hydrogen-bond donors (Lipinski definition) is 0. The van der Waals surface area contributed by atoms with Crippen LogP contribution in [0, 0.1) is 0 Å². The summed E-state index contributed by atoms with van der Waals surface area (Å²) in [7, 11) is 0. The fourth-order valence-electron chi connectivity index (χ4n) is 4.44. The summed E-state index contributed by atoms with van der Waals surface area (Å²) >= 11 is 1.56. The highest BCUT2D eigenvalue weighted by Gasteiger charge is 2.30. The van der Waals surface area contributed by atoms with E-state index in [2.05, 4.69) is 35.9 Å². The summed E-state index contributed by atoms with van der Waals surface area (Å²) < 4.78 is 11.7. The van der Waals surface area contributed by atoms with E-state index < -0.39 is 0 Å². The first-order chi connectivity index (χ1) is 15.1. The van der Waals surface area contributed by atoms with Gasteiger partial charge in [0.15, 0.2) is 6.61 Å². The fourth-order valence-corrected chi connectivity index (χ4v) is 4.99. The molecule has 0 N–H and O–H groups in total. The van der Waals surface area contributed by atoms with Crippen LogP contribution in [0.5, 0.6) is 10.9 Å². The van der Waals surface area contributed by atoms with Crippen LogP contribution in [0.4, 0.5) is 0 Å². The number of hydrogen-bond acceptors (Lipinski definition) is 6. The van der Waals surface area contributed by atoms with Crippen LogP contribution in [0.3, 0.4) is 0 Å². The summed E-state index contributed by atoms with van der Waals surface area (Å²) in [6.07, 6.45) is 6.22. The molecular weight excluding hydrogens is 410 g/mol. The molecule has 0 aliphatic carbocycles. The van der Waals surface area contributed by atoms with Gasteiger partial charge in [0.1, 0.15) is 11.9 Å². The van der Waals surface area contributed by atoms with E-state index in [9.17, 15) is 4.79 Å². The van der Waals surface area contributed by atoms with Gasteiger partial charge >= 0.3 is 0 Å². The van der Waals surface area contributed by atoms with Crippen LogP contribution in [0.25, 0.3) is 0 Å². The highest BCUT2D eigenvalue weighted by atomic mass is 32.1. The van der Waals surface area contributed by atoms with Gasteiger partial charge in [0.2, 0.25) is 0 Å². The zero-order chi connectivity index (χ0) is 21.6. The second-order valence-electron chi connectivity index (χ2n) is 8.78. The molecule has 3 heterocycles. The van der Waals surface area contributed by atoms with Gasteiger partial charge in [-0.05, 0) is 49.3 Å². The highest BCUT2D eigenvalue weighted by Crippen LogP contribution is 2.25. The maximum Gasteiger partial charge on any atom is 0.273 e. The van der Waals surface area contributed by atoms with Crippen molar-refractivity contribution >= 4 is 17.2 Å².